The Hall–Kier alpha value is -2.00. The summed E-state index contributed by atoms with van der Waals surface area (Å²) >= 11 is 18.5. The van der Waals surface area contributed by atoms with Gasteiger partial charge in [-0.1, -0.05) is 47.8 Å². The molecule has 0 radical (unpaired) electrons. The fraction of sp³-hybridized carbons (Fsp3) is 0.417. The molecule has 1 unspecified atom stereocenters. The summed E-state index contributed by atoms with van der Waals surface area (Å²) in [5.41, 5.74) is 0.995. The lowest BCUT2D eigenvalue weighted by molar-refractivity contribution is -0.140. The van der Waals surface area contributed by atoms with Crippen LogP contribution in [0.3, 0.4) is 0 Å². The summed E-state index contributed by atoms with van der Waals surface area (Å²) in [6.45, 7) is 4.20. The molecule has 2 aromatic carbocycles. The van der Waals surface area contributed by atoms with E-state index in [0.717, 1.165) is 12.7 Å². The molecule has 1 N–H and O–H groups in total. The summed E-state index contributed by atoms with van der Waals surface area (Å²) in [6.07, 6.45) is 2.13. The van der Waals surface area contributed by atoms with Crippen LogP contribution < -0.4 is 9.62 Å². The van der Waals surface area contributed by atoms with Gasteiger partial charge in [0.2, 0.25) is 21.8 Å². The minimum Gasteiger partial charge on any atom is -0.354 e. The van der Waals surface area contributed by atoms with Crippen molar-refractivity contribution in [3.8, 4) is 0 Å². The highest BCUT2D eigenvalue weighted by atomic mass is 35.5. The van der Waals surface area contributed by atoms with Gasteiger partial charge in [0.15, 0.2) is 0 Å². The molecule has 0 aromatic heterocycles. The Morgan fingerprint density at radius 2 is 1.63 bits per heavy atom. The standard InChI is InChI=1S/C24H30Cl3N3O4S/c1-4-14-28-24(32)17(2)29(16-20-21(26)7-5-8-22(20)27)23(31)9-6-15-30(35(3,33)34)19-12-10-18(25)11-13-19/h5,7-8,10-13,17H,4,6,9,14-16H2,1-3H3,(H,28,32). The number of anilines is 1. The Bertz CT molecular complexity index is 1110. The predicted molar refractivity (Wildman–Crippen MR) is 143 cm³/mol. The van der Waals surface area contributed by atoms with E-state index in [4.69, 9.17) is 34.8 Å². The Morgan fingerprint density at radius 1 is 1.03 bits per heavy atom. The summed E-state index contributed by atoms with van der Waals surface area (Å²) in [5.74, 6) is -0.605. The summed E-state index contributed by atoms with van der Waals surface area (Å²) in [5, 5.41) is 4.08. The molecule has 0 saturated heterocycles. The molecule has 0 aliphatic rings. The minimum absolute atomic E-state index is 0.0209. The van der Waals surface area contributed by atoms with Crippen LogP contribution in [0.15, 0.2) is 42.5 Å². The maximum absolute atomic E-state index is 13.3. The van der Waals surface area contributed by atoms with Crippen LogP contribution in [0.25, 0.3) is 0 Å². The molecular weight excluding hydrogens is 533 g/mol. The van der Waals surface area contributed by atoms with Crippen molar-refractivity contribution in [2.75, 3.05) is 23.7 Å². The van der Waals surface area contributed by atoms with E-state index in [1.54, 1.807) is 49.4 Å². The normalized spacial score (nSPS) is 12.2. The predicted octanol–water partition coefficient (Wildman–Crippen LogP) is 5.14. The second-order valence-electron chi connectivity index (χ2n) is 8.10. The maximum Gasteiger partial charge on any atom is 0.242 e. The van der Waals surface area contributed by atoms with Gasteiger partial charge in [0.1, 0.15) is 6.04 Å². The first-order chi connectivity index (χ1) is 16.5. The van der Waals surface area contributed by atoms with Crippen LogP contribution in [-0.2, 0) is 26.2 Å². The van der Waals surface area contributed by atoms with Gasteiger partial charge in [-0.15, -0.1) is 0 Å². The van der Waals surface area contributed by atoms with Crippen LogP contribution in [0.5, 0.6) is 0 Å². The Morgan fingerprint density at radius 3 is 2.17 bits per heavy atom. The summed E-state index contributed by atoms with van der Waals surface area (Å²) < 4.78 is 25.9. The monoisotopic (exact) mass is 561 g/mol. The molecule has 192 valence electrons. The van der Waals surface area contributed by atoms with Gasteiger partial charge >= 0.3 is 0 Å². The van der Waals surface area contributed by atoms with Crippen molar-refractivity contribution in [3.05, 3.63) is 63.1 Å². The van der Waals surface area contributed by atoms with E-state index in [2.05, 4.69) is 5.32 Å². The van der Waals surface area contributed by atoms with E-state index in [0.29, 0.717) is 32.9 Å². The Labute approximate surface area is 222 Å². The first-order valence-electron chi connectivity index (χ1n) is 11.2. The summed E-state index contributed by atoms with van der Waals surface area (Å²) in [4.78, 5) is 27.4. The van der Waals surface area contributed by atoms with Gasteiger partial charge in [0.05, 0.1) is 11.9 Å². The van der Waals surface area contributed by atoms with Gasteiger partial charge in [-0.25, -0.2) is 8.42 Å². The molecule has 2 aromatic rings. The third-order valence-corrected chi connectivity index (χ3v) is 7.53. The number of hydrogen-bond acceptors (Lipinski definition) is 4. The average Bonchev–Trinajstić information content (AvgIpc) is 2.79. The number of hydrogen-bond donors (Lipinski definition) is 1. The van der Waals surface area contributed by atoms with Crippen molar-refractivity contribution in [1.29, 1.82) is 0 Å². The fourth-order valence-corrected chi connectivity index (χ4v) is 5.05. The van der Waals surface area contributed by atoms with Gasteiger partial charge in [-0.2, -0.15) is 0 Å². The molecule has 2 rings (SSSR count). The Balaban J connectivity index is 2.20. The van der Waals surface area contributed by atoms with Crippen molar-refractivity contribution >= 4 is 62.3 Å². The zero-order valence-corrected chi connectivity index (χ0v) is 23.0. The largest absolute Gasteiger partial charge is 0.354 e. The zero-order chi connectivity index (χ0) is 26.2. The highest BCUT2D eigenvalue weighted by Crippen LogP contribution is 2.27. The quantitative estimate of drug-likeness (QED) is 0.388. The van der Waals surface area contributed by atoms with Crippen LogP contribution in [0.4, 0.5) is 5.69 Å². The zero-order valence-electron chi connectivity index (χ0n) is 19.9. The highest BCUT2D eigenvalue weighted by molar-refractivity contribution is 7.92. The number of sulfonamides is 1. The van der Waals surface area contributed by atoms with Crippen LogP contribution in [0.1, 0.15) is 38.7 Å². The van der Waals surface area contributed by atoms with Gasteiger partial charge in [-0.05, 0) is 56.2 Å². The maximum atomic E-state index is 13.3. The fourth-order valence-electron chi connectivity index (χ4n) is 3.44. The Kier molecular flexibility index (Phi) is 11.1. The summed E-state index contributed by atoms with van der Waals surface area (Å²) in [6, 6.07) is 10.7. The van der Waals surface area contributed by atoms with E-state index in [1.807, 2.05) is 6.92 Å². The number of halogens is 3. The third kappa shape index (κ3) is 8.56. The van der Waals surface area contributed by atoms with Gasteiger partial charge in [-0.3, -0.25) is 13.9 Å². The second-order valence-corrected chi connectivity index (χ2v) is 11.3. The lowest BCUT2D eigenvalue weighted by atomic mass is 10.1. The SMILES string of the molecule is CCCNC(=O)C(C)N(Cc1c(Cl)cccc1Cl)C(=O)CCCN(c1ccc(Cl)cc1)S(C)(=O)=O. The smallest absolute Gasteiger partial charge is 0.242 e. The van der Waals surface area contributed by atoms with Crippen LogP contribution in [0, 0.1) is 0 Å². The number of rotatable bonds is 12. The molecule has 0 heterocycles. The third-order valence-electron chi connectivity index (χ3n) is 5.37. The molecule has 11 heteroatoms. The molecule has 1 atom stereocenters. The number of amides is 2. The van der Waals surface area contributed by atoms with E-state index < -0.39 is 16.1 Å². The number of nitrogens with zero attached hydrogens (tertiary/aromatic N) is 2. The molecule has 2 amide bonds. The highest BCUT2D eigenvalue weighted by Gasteiger charge is 2.27. The molecular formula is C24H30Cl3N3O4S. The van der Waals surface area contributed by atoms with E-state index in [-0.39, 0.29) is 37.7 Å². The van der Waals surface area contributed by atoms with Crippen molar-refractivity contribution in [1.82, 2.24) is 10.2 Å². The van der Waals surface area contributed by atoms with Crippen molar-refractivity contribution in [2.45, 2.75) is 45.7 Å². The molecule has 0 saturated carbocycles. The van der Waals surface area contributed by atoms with Crippen LogP contribution in [-0.4, -0.2) is 50.5 Å². The van der Waals surface area contributed by atoms with Gasteiger partial charge in [0, 0.05) is 46.7 Å². The number of nitrogens with one attached hydrogen (secondary N) is 1. The second kappa shape index (κ2) is 13.3. The minimum atomic E-state index is -3.58. The van der Waals surface area contributed by atoms with Crippen LogP contribution in [0.2, 0.25) is 15.1 Å². The van der Waals surface area contributed by atoms with E-state index in [1.165, 1.54) is 9.21 Å². The number of benzene rings is 2. The molecule has 0 spiro atoms. The lowest BCUT2D eigenvalue weighted by Crippen LogP contribution is -2.48. The lowest BCUT2D eigenvalue weighted by Gasteiger charge is -2.30. The topological polar surface area (TPSA) is 86.8 Å². The summed E-state index contributed by atoms with van der Waals surface area (Å²) in [7, 11) is -3.58. The van der Waals surface area contributed by atoms with Crippen molar-refractivity contribution in [3.63, 3.8) is 0 Å². The first kappa shape index (κ1) is 29.2. The first-order valence-corrected chi connectivity index (χ1v) is 14.2. The number of carbonyl (C=O) groups is 2. The molecule has 0 fully saturated rings. The van der Waals surface area contributed by atoms with Crippen molar-refractivity contribution < 1.29 is 18.0 Å². The van der Waals surface area contributed by atoms with E-state index in [9.17, 15) is 18.0 Å². The number of carbonyl (C=O) groups excluding carboxylic acids is 2. The molecule has 0 bridgehead atoms. The molecule has 7 nitrogen and oxygen atoms in total. The molecule has 0 aliphatic heterocycles. The average molecular weight is 563 g/mol. The molecule has 0 aliphatic carbocycles. The van der Waals surface area contributed by atoms with Gasteiger partial charge < -0.3 is 10.2 Å². The van der Waals surface area contributed by atoms with Crippen LogP contribution >= 0.6 is 34.8 Å². The van der Waals surface area contributed by atoms with Crippen molar-refractivity contribution in [2.24, 2.45) is 0 Å². The van der Waals surface area contributed by atoms with Gasteiger partial charge in [0.25, 0.3) is 0 Å². The van der Waals surface area contributed by atoms with E-state index >= 15 is 0 Å². The molecule has 35 heavy (non-hydrogen) atoms.